The third kappa shape index (κ3) is 3.19. The van der Waals surface area contributed by atoms with Crippen LogP contribution >= 0.6 is 0 Å². The fourth-order valence-corrected chi connectivity index (χ4v) is 2.60. The zero-order valence-corrected chi connectivity index (χ0v) is 11.1. The third-order valence-electron chi connectivity index (χ3n) is 3.76. The second-order valence-electron chi connectivity index (χ2n) is 5.10. The van der Waals surface area contributed by atoms with E-state index in [2.05, 4.69) is 5.32 Å². The fraction of sp³-hybridized carbons (Fsp3) is 0.750. The predicted octanol–water partition coefficient (Wildman–Crippen LogP) is -1.16. The molecule has 0 aromatic carbocycles. The molecule has 2 atom stereocenters. The molecule has 2 aliphatic rings. The molecule has 0 saturated carbocycles. The molecule has 112 valence electrons. The number of nitrogens with zero attached hydrogens (tertiary/aromatic N) is 2. The minimum atomic E-state index is -1.46. The number of aliphatic carboxylic acids is 1. The van der Waals surface area contributed by atoms with Gasteiger partial charge in [0.05, 0.1) is 0 Å². The molecule has 0 spiro atoms. The average Bonchev–Trinajstić information content (AvgIpc) is 2.79. The molecule has 0 aliphatic carbocycles. The van der Waals surface area contributed by atoms with Crippen molar-refractivity contribution >= 4 is 17.9 Å². The molecule has 2 aliphatic heterocycles. The van der Waals surface area contributed by atoms with E-state index in [1.165, 1.54) is 0 Å². The van der Waals surface area contributed by atoms with Crippen molar-refractivity contribution in [2.24, 2.45) is 0 Å². The molecule has 1 unspecified atom stereocenters. The van der Waals surface area contributed by atoms with Gasteiger partial charge in [-0.15, -0.1) is 0 Å². The summed E-state index contributed by atoms with van der Waals surface area (Å²) in [5.74, 6) is -1.14. The minimum Gasteiger partial charge on any atom is -0.479 e. The molecule has 3 N–H and O–H groups in total. The molecule has 0 bridgehead atoms. The summed E-state index contributed by atoms with van der Waals surface area (Å²) in [5, 5.41) is 20.2. The maximum Gasteiger partial charge on any atom is 0.332 e. The molecule has 8 heteroatoms. The van der Waals surface area contributed by atoms with E-state index in [-0.39, 0.29) is 30.9 Å². The van der Waals surface area contributed by atoms with Crippen LogP contribution in [0.3, 0.4) is 0 Å². The third-order valence-corrected chi connectivity index (χ3v) is 3.76. The van der Waals surface area contributed by atoms with E-state index >= 15 is 0 Å². The van der Waals surface area contributed by atoms with Gasteiger partial charge in [-0.3, -0.25) is 4.79 Å². The highest BCUT2D eigenvalue weighted by molar-refractivity contribution is 5.80. The van der Waals surface area contributed by atoms with Gasteiger partial charge in [-0.2, -0.15) is 0 Å². The molecule has 2 fully saturated rings. The summed E-state index contributed by atoms with van der Waals surface area (Å²) in [4.78, 5) is 37.3. The molecule has 2 heterocycles. The normalized spacial score (nSPS) is 23.4. The molecule has 0 aromatic heterocycles. The number of carboxylic acids is 1. The van der Waals surface area contributed by atoms with Gasteiger partial charge in [-0.05, 0) is 6.42 Å². The van der Waals surface area contributed by atoms with Gasteiger partial charge in [0.2, 0.25) is 5.91 Å². The first-order valence-corrected chi connectivity index (χ1v) is 6.72. The second-order valence-corrected chi connectivity index (χ2v) is 5.10. The number of fused-ring (bicyclic) bond motifs is 1. The van der Waals surface area contributed by atoms with Crippen molar-refractivity contribution in [1.82, 2.24) is 15.1 Å². The van der Waals surface area contributed by atoms with Gasteiger partial charge in [0.25, 0.3) is 0 Å². The highest BCUT2D eigenvalue weighted by atomic mass is 16.4. The number of aliphatic hydroxyl groups is 1. The van der Waals surface area contributed by atoms with Crippen LogP contribution in [-0.4, -0.2) is 76.2 Å². The van der Waals surface area contributed by atoms with Crippen LogP contribution in [0.5, 0.6) is 0 Å². The standard InChI is InChI=1S/C12H19N3O5/c16-9(11(18)19)3-4-13-12(20)14-5-6-15-8(7-14)1-2-10(15)17/h8-9,16H,1-7H2,(H,13,20)(H,18,19)/t8?,9-/m0/s1. The van der Waals surface area contributed by atoms with E-state index in [0.29, 0.717) is 26.1 Å². The molecule has 0 aromatic rings. The minimum absolute atomic E-state index is 0.0248. The lowest BCUT2D eigenvalue weighted by atomic mass is 10.1. The number of nitrogens with one attached hydrogen (secondary N) is 1. The molecule has 3 amide bonds. The number of carbonyl (C=O) groups is 3. The van der Waals surface area contributed by atoms with Gasteiger partial charge < -0.3 is 25.3 Å². The van der Waals surface area contributed by atoms with E-state index in [1.54, 1.807) is 4.90 Å². The lowest BCUT2D eigenvalue weighted by Gasteiger charge is -2.37. The number of urea groups is 1. The molecule has 20 heavy (non-hydrogen) atoms. The number of carbonyl (C=O) groups excluding carboxylic acids is 2. The Morgan fingerprint density at radius 3 is 2.85 bits per heavy atom. The van der Waals surface area contributed by atoms with Gasteiger partial charge >= 0.3 is 12.0 Å². The van der Waals surface area contributed by atoms with Crippen molar-refractivity contribution in [1.29, 1.82) is 0 Å². The van der Waals surface area contributed by atoms with Crippen molar-refractivity contribution < 1.29 is 24.6 Å². The first kappa shape index (κ1) is 14.6. The Morgan fingerprint density at radius 1 is 1.40 bits per heavy atom. The Balaban J connectivity index is 1.74. The van der Waals surface area contributed by atoms with Gasteiger partial charge in [-0.25, -0.2) is 9.59 Å². The summed E-state index contributed by atoms with van der Waals surface area (Å²) in [7, 11) is 0. The van der Waals surface area contributed by atoms with Crippen LogP contribution < -0.4 is 5.32 Å². The Labute approximate surface area is 116 Å². The SMILES string of the molecule is O=C(O)[C@@H](O)CCNC(=O)N1CCN2C(=O)CCC2C1. The molecular formula is C12H19N3O5. The summed E-state index contributed by atoms with van der Waals surface area (Å²) in [6.45, 7) is 1.65. The first-order valence-electron chi connectivity index (χ1n) is 6.72. The quantitative estimate of drug-likeness (QED) is 0.603. The zero-order valence-electron chi connectivity index (χ0n) is 11.1. The highest BCUT2D eigenvalue weighted by Gasteiger charge is 2.36. The van der Waals surface area contributed by atoms with E-state index in [0.717, 1.165) is 6.42 Å². The van der Waals surface area contributed by atoms with Gasteiger partial charge in [-0.1, -0.05) is 0 Å². The van der Waals surface area contributed by atoms with E-state index in [4.69, 9.17) is 10.2 Å². The van der Waals surface area contributed by atoms with Crippen molar-refractivity contribution in [3.63, 3.8) is 0 Å². The Kier molecular flexibility index (Phi) is 4.43. The van der Waals surface area contributed by atoms with Gasteiger partial charge in [0.15, 0.2) is 6.10 Å². The summed E-state index contributed by atoms with van der Waals surface area (Å²) < 4.78 is 0. The topological polar surface area (TPSA) is 110 Å². The lowest BCUT2D eigenvalue weighted by Crippen LogP contribution is -2.55. The average molecular weight is 285 g/mol. The smallest absolute Gasteiger partial charge is 0.332 e. The second kappa shape index (κ2) is 6.08. The maximum absolute atomic E-state index is 11.9. The van der Waals surface area contributed by atoms with Crippen molar-refractivity contribution in [3.05, 3.63) is 0 Å². The lowest BCUT2D eigenvalue weighted by molar-refractivity contribution is -0.146. The zero-order chi connectivity index (χ0) is 14.7. The number of aliphatic hydroxyl groups excluding tert-OH is 1. The molecule has 8 nitrogen and oxygen atoms in total. The van der Waals surface area contributed by atoms with Gasteiger partial charge in [0, 0.05) is 45.1 Å². The maximum atomic E-state index is 11.9. The van der Waals surface area contributed by atoms with Crippen LogP contribution in [0.4, 0.5) is 4.79 Å². The number of carboxylic acid groups (broad SMARTS) is 1. The van der Waals surface area contributed by atoms with Crippen molar-refractivity contribution in [2.75, 3.05) is 26.2 Å². The van der Waals surface area contributed by atoms with Crippen molar-refractivity contribution in [2.45, 2.75) is 31.4 Å². The van der Waals surface area contributed by atoms with Gasteiger partial charge in [0.1, 0.15) is 0 Å². The predicted molar refractivity (Wildman–Crippen MR) is 68.0 cm³/mol. The monoisotopic (exact) mass is 285 g/mol. The number of amides is 3. The van der Waals surface area contributed by atoms with E-state index in [1.807, 2.05) is 4.90 Å². The Morgan fingerprint density at radius 2 is 2.15 bits per heavy atom. The van der Waals surface area contributed by atoms with E-state index in [9.17, 15) is 14.4 Å². The number of hydrogen-bond donors (Lipinski definition) is 3. The molecule has 2 rings (SSSR count). The summed E-state index contributed by atoms with van der Waals surface area (Å²) >= 11 is 0. The molecular weight excluding hydrogens is 266 g/mol. The van der Waals surface area contributed by atoms with Crippen LogP contribution in [0.1, 0.15) is 19.3 Å². The fourth-order valence-electron chi connectivity index (χ4n) is 2.60. The van der Waals surface area contributed by atoms with Crippen LogP contribution in [-0.2, 0) is 9.59 Å². The largest absolute Gasteiger partial charge is 0.479 e. The van der Waals surface area contributed by atoms with Crippen molar-refractivity contribution in [3.8, 4) is 0 Å². The molecule has 2 saturated heterocycles. The Hall–Kier alpha value is -1.83. The number of piperazine rings is 1. The van der Waals surface area contributed by atoms with Crippen LogP contribution in [0.2, 0.25) is 0 Å². The number of hydrogen-bond acceptors (Lipinski definition) is 4. The van der Waals surface area contributed by atoms with Crippen LogP contribution in [0.25, 0.3) is 0 Å². The van der Waals surface area contributed by atoms with Crippen LogP contribution in [0.15, 0.2) is 0 Å². The molecule has 0 radical (unpaired) electrons. The summed E-state index contributed by atoms with van der Waals surface area (Å²) in [6, 6.07) is -0.173. The summed E-state index contributed by atoms with van der Waals surface area (Å²) in [6.07, 6.45) is -0.159. The first-order chi connectivity index (χ1) is 9.49. The number of rotatable bonds is 4. The summed E-state index contributed by atoms with van der Waals surface area (Å²) in [5.41, 5.74) is 0. The van der Waals surface area contributed by atoms with Crippen LogP contribution in [0, 0.1) is 0 Å². The highest BCUT2D eigenvalue weighted by Crippen LogP contribution is 2.22. The van der Waals surface area contributed by atoms with E-state index < -0.39 is 12.1 Å². The Bertz CT molecular complexity index is 414.